The molecule has 0 aromatic carbocycles. The van der Waals surface area contributed by atoms with Gasteiger partial charge in [-0.25, -0.2) is 0 Å². The van der Waals surface area contributed by atoms with E-state index in [-0.39, 0.29) is 17.6 Å². The van der Waals surface area contributed by atoms with Crippen LogP contribution in [0.15, 0.2) is 11.6 Å². The molecule has 0 radical (unpaired) electrons. The Hall–Kier alpha value is -0.340. The summed E-state index contributed by atoms with van der Waals surface area (Å²) in [7, 11) is 0. The summed E-state index contributed by atoms with van der Waals surface area (Å²) in [6.45, 7) is 4.78. The summed E-state index contributed by atoms with van der Waals surface area (Å²) in [5, 5.41) is 20.4. The average Bonchev–Trinajstić information content (AvgIpc) is 2.74. The highest BCUT2D eigenvalue weighted by Crippen LogP contribution is 2.63. The molecule has 3 fully saturated rings. The molecule has 3 saturated carbocycles. The second kappa shape index (κ2) is 4.83. The third kappa shape index (κ3) is 1.98. The van der Waals surface area contributed by atoms with Gasteiger partial charge in [0.2, 0.25) is 0 Å². The summed E-state index contributed by atoms with van der Waals surface area (Å²) in [5.41, 5.74) is 1.75. The van der Waals surface area contributed by atoms with Crippen molar-refractivity contribution in [1.29, 1.82) is 0 Å². The van der Waals surface area contributed by atoms with Crippen molar-refractivity contribution in [3.05, 3.63) is 11.6 Å². The predicted molar refractivity (Wildman–Crippen MR) is 83.6 cm³/mol. The molecule has 0 spiro atoms. The summed E-state index contributed by atoms with van der Waals surface area (Å²) >= 11 is 0. The maximum Gasteiger partial charge on any atom is 0.0723 e. The Morgan fingerprint density at radius 2 is 1.90 bits per heavy atom. The van der Waals surface area contributed by atoms with Crippen molar-refractivity contribution in [2.75, 3.05) is 0 Å². The smallest absolute Gasteiger partial charge is 0.0723 e. The topological polar surface area (TPSA) is 40.5 Å². The summed E-state index contributed by atoms with van der Waals surface area (Å²) in [6.07, 6.45) is 9.99. The number of hydrogen-bond donors (Lipinski definition) is 2. The van der Waals surface area contributed by atoms with Crippen LogP contribution in [0.25, 0.3) is 0 Å². The zero-order valence-electron chi connectivity index (χ0n) is 13.5. The lowest BCUT2D eigenvalue weighted by atomic mass is 9.49. The molecule has 0 bridgehead atoms. The molecule has 2 heteroatoms. The van der Waals surface area contributed by atoms with Crippen LogP contribution in [0.4, 0.5) is 0 Å². The zero-order valence-corrected chi connectivity index (χ0v) is 13.5. The molecule has 4 aliphatic rings. The summed E-state index contributed by atoms with van der Waals surface area (Å²) in [6, 6.07) is 0. The first-order chi connectivity index (χ1) is 10.0. The Bertz CT molecular complexity index is 456. The second-order valence-electron chi connectivity index (χ2n) is 8.66. The van der Waals surface area contributed by atoms with E-state index >= 15 is 0 Å². The van der Waals surface area contributed by atoms with E-state index in [9.17, 15) is 10.2 Å². The van der Waals surface area contributed by atoms with E-state index in [2.05, 4.69) is 19.9 Å². The molecule has 8 atom stereocenters. The molecule has 21 heavy (non-hydrogen) atoms. The molecule has 0 saturated heterocycles. The van der Waals surface area contributed by atoms with Gasteiger partial charge in [-0.15, -0.1) is 0 Å². The number of aliphatic hydroxyl groups excluding tert-OH is 2. The van der Waals surface area contributed by atoms with Crippen LogP contribution in [0, 0.1) is 35.0 Å². The van der Waals surface area contributed by atoms with Gasteiger partial charge >= 0.3 is 0 Å². The Balaban J connectivity index is 1.67. The van der Waals surface area contributed by atoms with Crippen LogP contribution < -0.4 is 0 Å². The second-order valence-corrected chi connectivity index (χ2v) is 8.66. The maximum absolute atomic E-state index is 10.5. The standard InChI is InChI=1S/C19H30O2/c1-11-9-12-10-13(20)3-4-14(12)15-7-8-19(2)16(18(11)15)5-6-17(19)21/h10-11,13-18,20-21H,3-9H2,1-2H3/t11-,13-,14+,15-,16+,17+,18-,19+/m1/s1. The van der Waals surface area contributed by atoms with Crippen molar-refractivity contribution >= 4 is 0 Å². The Morgan fingerprint density at radius 1 is 1.10 bits per heavy atom. The Labute approximate surface area is 128 Å². The third-order valence-corrected chi connectivity index (χ3v) is 7.72. The van der Waals surface area contributed by atoms with Crippen LogP contribution >= 0.6 is 0 Å². The average molecular weight is 290 g/mol. The van der Waals surface area contributed by atoms with Crippen LogP contribution in [0.1, 0.15) is 58.8 Å². The van der Waals surface area contributed by atoms with E-state index in [1.807, 2.05) is 0 Å². The van der Waals surface area contributed by atoms with E-state index in [1.54, 1.807) is 5.57 Å². The van der Waals surface area contributed by atoms with Gasteiger partial charge in [0.25, 0.3) is 0 Å². The van der Waals surface area contributed by atoms with Gasteiger partial charge in [0.05, 0.1) is 12.2 Å². The Morgan fingerprint density at radius 3 is 2.71 bits per heavy atom. The van der Waals surface area contributed by atoms with Crippen LogP contribution in [-0.2, 0) is 0 Å². The Kier molecular flexibility index (Phi) is 3.28. The molecule has 2 nitrogen and oxygen atoms in total. The fourth-order valence-corrected chi connectivity index (χ4v) is 6.69. The van der Waals surface area contributed by atoms with Crippen LogP contribution in [0.3, 0.4) is 0 Å². The van der Waals surface area contributed by atoms with Crippen LogP contribution in [0.2, 0.25) is 0 Å². The highest BCUT2D eigenvalue weighted by molar-refractivity contribution is 5.21. The van der Waals surface area contributed by atoms with E-state index in [4.69, 9.17) is 0 Å². The molecule has 4 rings (SSSR count). The normalized spacial score (nSPS) is 56.2. The molecular weight excluding hydrogens is 260 g/mol. The first kappa shape index (κ1) is 14.3. The van der Waals surface area contributed by atoms with Crippen molar-refractivity contribution in [2.24, 2.45) is 35.0 Å². The number of hydrogen-bond acceptors (Lipinski definition) is 2. The van der Waals surface area contributed by atoms with E-state index < -0.39 is 0 Å². The summed E-state index contributed by atoms with van der Waals surface area (Å²) < 4.78 is 0. The van der Waals surface area contributed by atoms with Gasteiger partial charge in [0, 0.05) is 0 Å². The first-order valence-corrected chi connectivity index (χ1v) is 9.07. The van der Waals surface area contributed by atoms with Gasteiger partial charge in [0.15, 0.2) is 0 Å². The molecule has 0 heterocycles. The van der Waals surface area contributed by atoms with Crippen molar-refractivity contribution in [1.82, 2.24) is 0 Å². The lowest BCUT2D eigenvalue weighted by Crippen LogP contribution is -2.50. The lowest BCUT2D eigenvalue weighted by molar-refractivity contribution is -0.0721. The number of rotatable bonds is 0. The van der Waals surface area contributed by atoms with E-state index in [0.29, 0.717) is 0 Å². The molecule has 0 aromatic rings. The van der Waals surface area contributed by atoms with E-state index in [1.165, 1.54) is 32.1 Å². The van der Waals surface area contributed by atoms with Gasteiger partial charge in [-0.1, -0.05) is 25.5 Å². The van der Waals surface area contributed by atoms with Crippen LogP contribution in [0.5, 0.6) is 0 Å². The van der Waals surface area contributed by atoms with Gasteiger partial charge in [-0.05, 0) is 80.0 Å². The molecule has 118 valence electrons. The highest BCUT2D eigenvalue weighted by Gasteiger charge is 2.57. The number of allylic oxidation sites excluding steroid dienone is 1. The first-order valence-electron chi connectivity index (χ1n) is 9.07. The van der Waals surface area contributed by atoms with Crippen molar-refractivity contribution in [2.45, 2.75) is 71.0 Å². The minimum Gasteiger partial charge on any atom is -0.393 e. The SMILES string of the molecule is C[C@@H]1CC2=C[C@H](O)CC[C@@H]2[C@H]2CC[C@]3(C)[C@@H](O)CC[C@H]3[C@@H]21. The summed E-state index contributed by atoms with van der Waals surface area (Å²) in [4.78, 5) is 0. The van der Waals surface area contributed by atoms with Crippen molar-refractivity contribution < 1.29 is 10.2 Å². The molecule has 0 aliphatic heterocycles. The molecule has 2 N–H and O–H groups in total. The van der Waals surface area contributed by atoms with Gasteiger partial charge in [-0.3, -0.25) is 0 Å². The number of aliphatic hydroxyl groups is 2. The monoisotopic (exact) mass is 290 g/mol. The minimum atomic E-state index is -0.192. The van der Waals surface area contributed by atoms with Gasteiger partial charge in [0.1, 0.15) is 0 Å². The summed E-state index contributed by atoms with van der Waals surface area (Å²) in [5.74, 6) is 3.80. The minimum absolute atomic E-state index is 0.0687. The lowest BCUT2D eigenvalue weighted by Gasteiger charge is -2.56. The highest BCUT2D eigenvalue weighted by atomic mass is 16.3. The fourth-order valence-electron chi connectivity index (χ4n) is 6.69. The van der Waals surface area contributed by atoms with E-state index in [0.717, 1.165) is 42.4 Å². The van der Waals surface area contributed by atoms with Crippen LogP contribution in [-0.4, -0.2) is 22.4 Å². The molecule has 0 unspecified atom stereocenters. The molecule has 0 amide bonds. The fraction of sp³-hybridized carbons (Fsp3) is 0.895. The van der Waals surface area contributed by atoms with Crippen molar-refractivity contribution in [3.8, 4) is 0 Å². The van der Waals surface area contributed by atoms with Gasteiger partial charge in [-0.2, -0.15) is 0 Å². The molecule has 4 aliphatic carbocycles. The maximum atomic E-state index is 10.5. The largest absolute Gasteiger partial charge is 0.393 e. The third-order valence-electron chi connectivity index (χ3n) is 7.72. The zero-order chi connectivity index (χ0) is 14.8. The van der Waals surface area contributed by atoms with Crippen molar-refractivity contribution in [3.63, 3.8) is 0 Å². The predicted octanol–water partition coefficient (Wildman–Crippen LogP) is 3.53. The molecule has 0 aromatic heterocycles. The number of fused-ring (bicyclic) bond motifs is 5. The van der Waals surface area contributed by atoms with Gasteiger partial charge < -0.3 is 10.2 Å². The quantitative estimate of drug-likeness (QED) is 0.670. The molecular formula is C19H30O2.